The zero-order valence-corrected chi connectivity index (χ0v) is 9.13. The number of hydrogen-bond donors (Lipinski definition) is 1. The Morgan fingerprint density at radius 2 is 1.93 bits per heavy atom. The molecule has 0 heterocycles. The maximum Gasteiger partial charge on any atom is 0.0991 e. The maximum atomic E-state index is 8.59. The highest BCUT2D eigenvalue weighted by molar-refractivity contribution is 5.85. The van der Waals surface area contributed by atoms with Crippen molar-refractivity contribution in [2.45, 2.75) is 18.9 Å². The summed E-state index contributed by atoms with van der Waals surface area (Å²) in [6.45, 7) is 0. The minimum absolute atomic E-state index is 0. The minimum atomic E-state index is 0. The largest absolute Gasteiger partial charge is 0.327 e. The molecule has 1 atom stereocenters. The number of nitrogens with zero attached hydrogens (tertiary/aromatic N) is 1. The predicted molar refractivity (Wildman–Crippen MR) is 63.5 cm³/mol. The second-order valence-electron chi connectivity index (χ2n) is 3.18. The molecule has 0 aromatic heterocycles. The molecule has 1 unspecified atom stereocenters. The Morgan fingerprint density at radius 1 is 1.33 bits per heavy atom. The summed E-state index contributed by atoms with van der Waals surface area (Å²) in [5, 5.41) is 8.59. The van der Waals surface area contributed by atoms with E-state index in [1.807, 2.05) is 12.1 Å². The Hall–Kier alpha value is -1.48. The number of hydrogen-bond acceptors (Lipinski definition) is 2. The van der Waals surface area contributed by atoms with E-state index >= 15 is 0 Å². The third-order valence-corrected chi connectivity index (χ3v) is 1.96. The van der Waals surface area contributed by atoms with Gasteiger partial charge in [-0.3, -0.25) is 0 Å². The van der Waals surface area contributed by atoms with Gasteiger partial charge in [0.1, 0.15) is 0 Å². The molecular formula is C12H13ClN2. The van der Waals surface area contributed by atoms with Gasteiger partial charge in [-0.1, -0.05) is 12.1 Å². The van der Waals surface area contributed by atoms with Gasteiger partial charge in [-0.25, -0.2) is 0 Å². The van der Waals surface area contributed by atoms with E-state index in [-0.39, 0.29) is 18.4 Å². The molecule has 15 heavy (non-hydrogen) atoms. The molecule has 0 radical (unpaired) electrons. The average Bonchev–Trinajstić information content (AvgIpc) is 2.19. The summed E-state index contributed by atoms with van der Waals surface area (Å²) in [6.07, 6.45) is 6.50. The van der Waals surface area contributed by atoms with E-state index in [1.165, 1.54) is 0 Å². The summed E-state index contributed by atoms with van der Waals surface area (Å²) in [5.41, 5.74) is 7.56. The van der Waals surface area contributed by atoms with Crippen LogP contribution in [0.2, 0.25) is 0 Å². The monoisotopic (exact) mass is 220 g/mol. The third-order valence-electron chi connectivity index (χ3n) is 1.96. The molecule has 2 nitrogen and oxygen atoms in total. The first-order valence-electron chi connectivity index (χ1n) is 4.44. The smallest absolute Gasteiger partial charge is 0.0991 e. The summed E-state index contributed by atoms with van der Waals surface area (Å²) in [5.74, 6) is 2.53. The zero-order valence-electron chi connectivity index (χ0n) is 8.31. The number of nitriles is 1. The van der Waals surface area contributed by atoms with E-state index in [1.54, 1.807) is 12.1 Å². The summed E-state index contributed by atoms with van der Waals surface area (Å²) in [7, 11) is 0. The molecule has 78 valence electrons. The van der Waals surface area contributed by atoms with Gasteiger partial charge in [0.05, 0.1) is 11.6 Å². The first kappa shape index (κ1) is 13.5. The third kappa shape index (κ3) is 4.51. The van der Waals surface area contributed by atoms with E-state index in [0.29, 0.717) is 12.0 Å². The molecular weight excluding hydrogens is 208 g/mol. The van der Waals surface area contributed by atoms with Crippen molar-refractivity contribution in [2.75, 3.05) is 0 Å². The van der Waals surface area contributed by atoms with E-state index < -0.39 is 0 Å². The molecule has 0 spiro atoms. The van der Waals surface area contributed by atoms with Gasteiger partial charge in [-0.2, -0.15) is 5.26 Å². The number of rotatable bonds is 3. The average molecular weight is 221 g/mol. The van der Waals surface area contributed by atoms with Crippen molar-refractivity contribution in [3.63, 3.8) is 0 Å². The lowest BCUT2D eigenvalue weighted by Crippen LogP contribution is -2.21. The van der Waals surface area contributed by atoms with Gasteiger partial charge in [0.2, 0.25) is 0 Å². The molecule has 1 aromatic rings. The second-order valence-corrected chi connectivity index (χ2v) is 3.18. The van der Waals surface area contributed by atoms with E-state index in [9.17, 15) is 0 Å². The fourth-order valence-electron chi connectivity index (χ4n) is 1.24. The minimum Gasteiger partial charge on any atom is -0.327 e. The lowest BCUT2D eigenvalue weighted by molar-refractivity contribution is 0.689. The van der Waals surface area contributed by atoms with Crippen molar-refractivity contribution in [1.82, 2.24) is 0 Å². The summed E-state index contributed by atoms with van der Waals surface area (Å²) in [6, 6.07) is 9.48. The van der Waals surface area contributed by atoms with Crippen molar-refractivity contribution in [3.05, 3.63) is 35.4 Å². The van der Waals surface area contributed by atoms with Crippen LogP contribution in [0.3, 0.4) is 0 Å². The van der Waals surface area contributed by atoms with E-state index in [4.69, 9.17) is 17.4 Å². The molecule has 0 amide bonds. The Kier molecular flexibility index (Phi) is 6.22. The number of benzene rings is 1. The molecule has 1 rings (SSSR count). The summed E-state index contributed by atoms with van der Waals surface area (Å²) < 4.78 is 0. The van der Waals surface area contributed by atoms with Crippen LogP contribution in [-0.2, 0) is 6.42 Å². The van der Waals surface area contributed by atoms with Crippen LogP contribution in [0.1, 0.15) is 17.5 Å². The Labute approximate surface area is 96.5 Å². The van der Waals surface area contributed by atoms with Gasteiger partial charge in [0.25, 0.3) is 0 Å². The molecule has 3 heteroatoms. The van der Waals surface area contributed by atoms with Gasteiger partial charge in [-0.05, 0) is 24.1 Å². The van der Waals surface area contributed by atoms with Crippen molar-refractivity contribution in [3.8, 4) is 18.4 Å². The van der Waals surface area contributed by atoms with Gasteiger partial charge in [0.15, 0.2) is 0 Å². The first-order valence-corrected chi connectivity index (χ1v) is 4.44. The summed E-state index contributed by atoms with van der Waals surface area (Å²) in [4.78, 5) is 0. The van der Waals surface area contributed by atoms with E-state index in [2.05, 4.69) is 12.0 Å². The number of nitrogens with two attached hydrogens (primary N) is 1. The van der Waals surface area contributed by atoms with Crippen LogP contribution in [-0.4, -0.2) is 6.04 Å². The van der Waals surface area contributed by atoms with Crippen molar-refractivity contribution >= 4 is 12.4 Å². The molecule has 0 fully saturated rings. The SMILES string of the molecule is C#CCC(N)Cc1ccc(C#N)cc1.Cl. The molecule has 0 saturated heterocycles. The maximum absolute atomic E-state index is 8.59. The Bertz CT molecular complexity index is 370. The van der Waals surface area contributed by atoms with Crippen molar-refractivity contribution in [2.24, 2.45) is 5.73 Å². The molecule has 0 bridgehead atoms. The zero-order chi connectivity index (χ0) is 10.4. The van der Waals surface area contributed by atoms with Crippen LogP contribution in [0, 0.1) is 23.7 Å². The van der Waals surface area contributed by atoms with E-state index in [0.717, 1.165) is 12.0 Å². The lowest BCUT2D eigenvalue weighted by atomic mass is 10.0. The molecule has 2 N–H and O–H groups in total. The fraction of sp³-hybridized carbons (Fsp3) is 0.250. The first-order chi connectivity index (χ1) is 6.76. The van der Waals surface area contributed by atoms with Gasteiger partial charge < -0.3 is 5.73 Å². The predicted octanol–water partition coefficient (Wildman–Crippen LogP) is 1.87. The molecule has 0 aliphatic heterocycles. The van der Waals surface area contributed by atoms with Gasteiger partial charge in [0, 0.05) is 12.5 Å². The highest BCUT2D eigenvalue weighted by atomic mass is 35.5. The Balaban J connectivity index is 0.00000196. The number of halogens is 1. The highest BCUT2D eigenvalue weighted by Gasteiger charge is 2.01. The van der Waals surface area contributed by atoms with Gasteiger partial charge in [-0.15, -0.1) is 24.8 Å². The van der Waals surface area contributed by atoms with Crippen LogP contribution in [0.25, 0.3) is 0 Å². The van der Waals surface area contributed by atoms with Crippen LogP contribution < -0.4 is 5.73 Å². The van der Waals surface area contributed by atoms with Gasteiger partial charge >= 0.3 is 0 Å². The number of terminal acetylenes is 1. The van der Waals surface area contributed by atoms with Crippen LogP contribution in [0.15, 0.2) is 24.3 Å². The fourth-order valence-corrected chi connectivity index (χ4v) is 1.24. The standard InChI is InChI=1S/C12H12N2.ClH/c1-2-3-12(14)8-10-4-6-11(9-13)7-5-10;/h1,4-7,12H,3,8,14H2;1H. The lowest BCUT2D eigenvalue weighted by Gasteiger charge is -2.07. The molecule has 0 aliphatic rings. The van der Waals surface area contributed by atoms with Crippen LogP contribution in [0.5, 0.6) is 0 Å². The molecule has 1 aromatic carbocycles. The Morgan fingerprint density at radius 3 is 2.40 bits per heavy atom. The van der Waals surface area contributed by atoms with Crippen molar-refractivity contribution in [1.29, 1.82) is 5.26 Å². The molecule has 0 aliphatic carbocycles. The topological polar surface area (TPSA) is 49.8 Å². The van der Waals surface area contributed by atoms with Crippen molar-refractivity contribution < 1.29 is 0 Å². The quantitative estimate of drug-likeness (QED) is 0.791. The highest BCUT2D eigenvalue weighted by Crippen LogP contribution is 2.06. The molecule has 0 saturated carbocycles. The second kappa shape index (κ2) is 6.90. The normalized spacial score (nSPS) is 10.6. The van der Waals surface area contributed by atoms with Crippen LogP contribution >= 0.6 is 12.4 Å². The van der Waals surface area contributed by atoms with Crippen LogP contribution in [0.4, 0.5) is 0 Å². The summed E-state index contributed by atoms with van der Waals surface area (Å²) >= 11 is 0.